The molecule has 1 saturated carbocycles. The van der Waals surface area contributed by atoms with E-state index in [1.807, 2.05) is 29.4 Å². The minimum Gasteiger partial charge on any atom is -0.378 e. The van der Waals surface area contributed by atoms with Crippen molar-refractivity contribution in [2.24, 2.45) is 0 Å². The van der Waals surface area contributed by atoms with Crippen LogP contribution >= 0.6 is 23.2 Å². The molecular weight excluding hydrogens is 556 g/mol. The Balaban J connectivity index is 1.47. The van der Waals surface area contributed by atoms with E-state index in [1.165, 1.54) is 6.20 Å². The first-order valence-corrected chi connectivity index (χ1v) is 13.0. The summed E-state index contributed by atoms with van der Waals surface area (Å²) in [7, 11) is 7.08. The first kappa shape index (κ1) is 26.1. The molecule has 6 rings (SSSR count). The maximum Gasteiger partial charge on any atom is 0.249 e. The average Bonchev–Trinajstić information content (AvgIpc) is 3.66. The van der Waals surface area contributed by atoms with Crippen molar-refractivity contribution in [3.05, 3.63) is 99.7 Å². The summed E-state index contributed by atoms with van der Waals surface area (Å²) in [5, 5.41) is 19.2. The van der Waals surface area contributed by atoms with Crippen LogP contribution in [0.5, 0.6) is 0 Å². The molecule has 198 valence electrons. The summed E-state index contributed by atoms with van der Waals surface area (Å²) >= 11 is 13.3. The third kappa shape index (κ3) is 4.75. The third-order valence-corrected chi connectivity index (χ3v) is 7.32. The summed E-state index contributed by atoms with van der Waals surface area (Å²) in [6, 6.07) is 14.0. The highest BCUT2D eigenvalue weighted by Gasteiger charge is 2.38. The molecule has 40 heavy (non-hydrogen) atoms. The largest absolute Gasteiger partial charge is 0.378 e. The van der Waals surface area contributed by atoms with Crippen LogP contribution in [0.1, 0.15) is 24.0 Å². The van der Waals surface area contributed by atoms with E-state index in [0.717, 1.165) is 25.1 Å². The Morgan fingerprint density at radius 1 is 1.07 bits per heavy atom. The molecule has 0 spiro atoms. The number of pyridine rings is 2. The van der Waals surface area contributed by atoms with Gasteiger partial charge in [0.2, 0.25) is 5.95 Å². The predicted octanol–water partition coefficient (Wildman–Crippen LogP) is 5.59. The van der Waals surface area contributed by atoms with Crippen LogP contribution in [-0.2, 0) is 5.44 Å². The van der Waals surface area contributed by atoms with Crippen molar-refractivity contribution in [1.29, 1.82) is 5.26 Å². The van der Waals surface area contributed by atoms with Gasteiger partial charge in [-0.2, -0.15) is 9.65 Å². The van der Waals surface area contributed by atoms with E-state index in [-0.39, 0.29) is 22.0 Å². The molecule has 1 unspecified atom stereocenters. The van der Waals surface area contributed by atoms with Gasteiger partial charge in [0, 0.05) is 40.6 Å². The minimum atomic E-state index is -1.34. The van der Waals surface area contributed by atoms with Crippen molar-refractivity contribution >= 4 is 59.0 Å². The van der Waals surface area contributed by atoms with Gasteiger partial charge in [-0.15, -0.1) is 5.53 Å². The van der Waals surface area contributed by atoms with Crippen LogP contribution in [0.4, 0.5) is 25.8 Å². The van der Waals surface area contributed by atoms with Gasteiger partial charge >= 0.3 is 0 Å². The Hall–Kier alpha value is -4.11. The van der Waals surface area contributed by atoms with Gasteiger partial charge in [-0.25, -0.2) is 9.37 Å². The lowest BCUT2D eigenvalue weighted by molar-refractivity contribution is 0.260. The number of benzene rings is 2. The maximum atomic E-state index is 13.9. The van der Waals surface area contributed by atoms with Gasteiger partial charge in [0.1, 0.15) is 13.9 Å². The van der Waals surface area contributed by atoms with Crippen molar-refractivity contribution in [2.75, 3.05) is 10.6 Å². The number of aromatic nitrogens is 2. The number of anilines is 3. The number of nitrogens with zero attached hydrogens (tertiary/aromatic N) is 4. The van der Waals surface area contributed by atoms with Gasteiger partial charge < -0.3 is 16.1 Å². The fourth-order valence-electron chi connectivity index (χ4n) is 4.55. The highest BCUT2D eigenvalue weighted by Crippen LogP contribution is 2.40. The van der Waals surface area contributed by atoms with E-state index in [1.54, 1.807) is 18.2 Å². The number of hydrogen-bond donors (Lipinski definition) is 4. The molecule has 0 amide bonds. The molecule has 1 aliphatic carbocycles. The summed E-state index contributed by atoms with van der Waals surface area (Å²) < 4.78 is 27.3. The zero-order valence-electron chi connectivity index (χ0n) is 20.6. The second kappa shape index (κ2) is 10.1. The lowest BCUT2D eigenvalue weighted by atomic mass is 9.69. The zero-order valence-corrected chi connectivity index (χ0v) is 22.2. The fraction of sp³-hybridized carbons (Fsp3) is 0.148. The molecule has 13 heteroatoms. The van der Waals surface area contributed by atoms with Gasteiger partial charge in [-0.05, 0) is 36.6 Å². The standard InChI is InChI=1S/C27H19BCl2F2N8/c28-27(19-3-1-2-4-20(19)29,23-13-40(39-38-23)17-5-6-17)37-15-7-18-24(36-16-9-22(31)26(32)35-12-16)14(10-33)11-34-25(18)21(30)8-15/h1-4,7-9,11-13,17,37-39H,5-6H2,(H,34,36). The number of halogens is 4. The highest BCUT2D eigenvalue weighted by atomic mass is 35.5. The van der Waals surface area contributed by atoms with Gasteiger partial charge in [-0.1, -0.05) is 41.4 Å². The van der Waals surface area contributed by atoms with Crippen molar-refractivity contribution in [3.63, 3.8) is 0 Å². The molecule has 0 bridgehead atoms. The van der Waals surface area contributed by atoms with Gasteiger partial charge in [-0.3, -0.25) is 9.99 Å². The maximum absolute atomic E-state index is 13.9. The SMILES string of the molecule is [B]C(Nc1cc(Cl)c2ncc(C#N)c(Nc3cnc(F)c(F)c3)c2c1)(C1=CN(C2CC2)NN1)c1ccccc1Cl. The van der Waals surface area contributed by atoms with Gasteiger partial charge in [0.15, 0.2) is 5.82 Å². The zero-order chi connectivity index (χ0) is 28.0. The summed E-state index contributed by atoms with van der Waals surface area (Å²) in [4.78, 5) is 7.75. The number of fused-ring (bicyclic) bond motifs is 1. The summed E-state index contributed by atoms with van der Waals surface area (Å²) in [6.45, 7) is 0. The molecule has 0 saturated heterocycles. The topological polar surface area (TPSA) is 101 Å². The molecule has 2 aromatic heterocycles. The van der Waals surface area contributed by atoms with E-state index in [9.17, 15) is 14.0 Å². The van der Waals surface area contributed by atoms with E-state index in [4.69, 9.17) is 31.0 Å². The summed E-state index contributed by atoms with van der Waals surface area (Å²) in [5.74, 6) is -2.37. The molecule has 3 heterocycles. The second-order valence-corrected chi connectivity index (χ2v) is 10.3. The first-order chi connectivity index (χ1) is 19.3. The molecule has 4 N–H and O–H groups in total. The van der Waals surface area contributed by atoms with Crippen LogP contribution < -0.4 is 21.6 Å². The Morgan fingerprint density at radius 2 is 1.88 bits per heavy atom. The lowest BCUT2D eigenvalue weighted by Crippen LogP contribution is -2.45. The molecule has 8 nitrogen and oxygen atoms in total. The molecule has 1 atom stereocenters. The van der Waals surface area contributed by atoms with Crippen LogP contribution in [0.15, 0.2) is 66.8 Å². The van der Waals surface area contributed by atoms with Crippen molar-refractivity contribution in [1.82, 2.24) is 25.9 Å². The van der Waals surface area contributed by atoms with Crippen molar-refractivity contribution in [2.45, 2.75) is 24.3 Å². The fourth-order valence-corrected chi connectivity index (χ4v) is 5.10. The molecule has 1 fully saturated rings. The van der Waals surface area contributed by atoms with E-state index in [0.29, 0.717) is 38.9 Å². The Bertz CT molecular complexity index is 1730. The van der Waals surface area contributed by atoms with Crippen molar-refractivity contribution in [3.8, 4) is 6.07 Å². The number of nitriles is 1. The monoisotopic (exact) mass is 574 g/mol. The van der Waals surface area contributed by atoms with Crippen LogP contribution in [0.2, 0.25) is 10.0 Å². The van der Waals surface area contributed by atoms with Crippen LogP contribution in [0, 0.1) is 23.1 Å². The molecule has 2 aromatic carbocycles. The van der Waals surface area contributed by atoms with Crippen LogP contribution in [-0.4, -0.2) is 28.9 Å². The molecule has 1 aliphatic heterocycles. The molecule has 2 radical (unpaired) electrons. The summed E-state index contributed by atoms with van der Waals surface area (Å²) in [5.41, 5.74) is 7.58. The normalized spacial score (nSPS) is 16.2. The molecule has 2 aliphatic rings. The third-order valence-electron chi connectivity index (χ3n) is 6.70. The number of hydrazine groups is 2. The van der Waals surface area contributed by atoms with Crippen LogP contribution in [0.3, 0.4) is 0 Å². The number of rotatable bonds is 7. The Kier molecular flexibility index (Phi) is 6.62. The second-order valence-electron chi connectivity index (χ2n) is 9.47. The lowest BCUT2D eigenvalue weighted by Gasteiger charge is -2.35. The Labute approximate surface area is 239 Å². The minimum absolute atomic E-state index is 0.133. The van der Waals surface area contributed by atoms with E-state index >= 15 is 0 Å². The highest BCUT2D eigenvalue weighted by molar-refractivity contribution is 6.36. The summed E-state index contributed by atoms with van der Waals surface area (Å²) in [6.07, 6.45) is 6.49. The molecular formula is C27H19BCl2F2N8. The first-order valence-electron chi connectivity index (χ1n) is 12.2. The van der Waals surface area contributed by atoms with Gasteiger partial charge in [0.25, 0.3) is 0 Å². The number of nitrogens with one attached hydrogen (secondary N) is 4. The number of hydrogen-bond acceptors (Lipinski definition) is 8. The Morgan fingerprint density at radius 3 is 2.60 bits per heavy atom. The van der Waals surface area contributed by atoms with Gasteiger partial charge in [0.05, 0.1) is 44.8 Å². The average molecular weight is 575 g/mol. The predicted molar refractivity (Wildman–Crippen MR) is 151 cm³/mol. The quantitative estimate of drug-likeness (QED) is 0.167. The van der Waals surface area contributed by atoms with Crippen LogP contribution in [0.25, 0.3) is 10.9 Å². The van der Waals surface area contributed by atoms with E-state index < -0.39 is 17.2 Å². The molecule has 4 aromatic rings. The van der Waals surface area contributed by atoms with E-state index in [2.05, 4.69) is 37.6 Å². The van der Waals surface area contributed by atoms with Crippen molar-refractivity contribution < 1.29 is 8.78 Å². The smallest absolute Gasteiger partial charge is 0.249 e.